The van der Waals surface area contributed by atoms with Gasteiger partial charge in [-0.05, 0) is 36.4 Å². The van der Waals surface area contributed by atoms with E-state index in [1.165, 1.54) is 0 Å². The van der Waals surface area contributed by atoms with Gasteiger partial charge in [0.15, 0.2) is 0 Å². The van der Waals surface area contributed by atoms with Gasteiger partial charge in [0.1, 0.15) is 11.5 Å². The quantitative estimate of drug-likeness (QED) is 0.685. The molecule has 0 radical (unpaired) electrons. The SMILES string of the molecule is c1coc(-c2ccc(-c3ccco3)[nH]2)c1. The summed E-state index contributed by atoms with van der Waals surface area (Å²) >= 11 is 0. The molecule has 1 N–H and O–H groups in total. The van der Waals surface area contributed by atoms with E-state index in [-0.39, 0.29) is 0 Å². The molecule has 0 unspecified atom stereocenters. The molecule has 0 atom stereocenters. The van der Waals surface area contributed by atoms with Crippen molar-refractivity contribution in [3.05, 3.63) is 48.9 Å². The van der Waals surface area contributed by atoms with Crippen molar-refractivity contribution in [2.45, 2.75) is 0 Å². The Morgan fingerprint density at radius 3 is 1.67 bits per heavy atom. The summed E-state index contributed by atoms with van der Waals surface area (Å²) in [7, 11) is 0. The number of hydrogen-bond acceptors (Lipinski definition) is 2. The summed E-state index contributed by atoms with van der Waals surface area (Å²) in [5.41, 5.74) is 1.90. The maximum Gasteiger partial charge on any atom is 0.150 e. The number of aromatic nitrogens is 1. The molecule has 0 aliphatic carbocycles. The van der Waals surface area contributed by atoms with Crippen LogP contribution in [0.15, 0.2) is 57.8 Å². The summed E-state index contributed by atoms with van der Waals surface area (Å²) < 4.78 is 10.6. The monoisotopic (exact) mass is 199 g/mol. The molecular weight excluding hydrogens is 190 g/mol. The first-order valence-corrected chi connectivity index (χ1v) is 4.70. The van der Waals surface area contributed by atoms with Gasteiger partial charge in [-0.25, -0.2) is 0 Å². The van der Waals surface area contributed by atoms with Crippen LogP contribution in [0.5, 0.6) is 0 Å². The highest BCUT2D eigenvalue weighted by molar-refractivity contribution is 5.62. The molecule has 0 spiro atoms. The van der Waals surface area contributed by atoms with Crippen LogP contribution in [0.4, 0.5) is 0 Å². The first-order valence-electron chi connectivity index (χ1n) is 4.70. The van der Waals surface area contributed by atoms with Crippen LogP contribution in [0, 0.1) is 0 Å². The number of aromatic amines is 1. The molecule has 0 aliphatic heterocycles. The van der Waals surface area contributed by atoms with E-state index in [0.717, 1.165) is 22.9 Å². The normalized spacial score (nSPS) is 10.7. The van der Waals surface area contributed by atoms with E-state index in [9.17, 15) is 0 Å². The van der Waals surface area contributed by atoms with Crippen molar-refractivity contribution in [3.8, 4) is 22.9 Å². The van der Waals surface area contributed by atoms with Crippen LogP contribution in [-0.2, 0) is 0 Å². The largest absolute Gasteiger partial charge is 0.463 e. The third-order valence-corrected chi connectivity index (χ3v) is 2.26. The number of hydrogen-bond donors (Lipinski definition) is 1. The lowest BCUT2D eigenvalue weighted by molar-refractivity contribution is 0.577. The van der Waals surface area contributed by atoms with E-state index in [2.05, 4.69) is 4.98 Å². The van der Waals surface area contributed by atoms with Crippen LogP contribution < -0.4 is 0 Å². The molecule has 3 aromatic rings. The van der Waals surface area contributed by atoms with Gasteiger partial charge in [0.2, 0.25) is 0 Å². The minimum absolute atomic E-state index is 0.827. The Morgan fingerprint density at radius 1 is 0.733 bits per heavy atom. The van der Waals surface area contributed by atoms with Gasteiger partial charge in [-0.2, -0.15) is 0 Å². The highest BCUT2D eigenvalue weighted by Gasteiger charge is 2.06. The molecule has 0 bridgehead atoms. The Labute approximate surface area is 86.3 Å². The van der Waals surface area contributed by atoms with Crippen LogP contribution in [0.25, 0.3) is 22.9 Å². The Hall–Kier alpha value is -2.16. The van der Waals surface area contributed by atoms with E-state index < -0.39 is 0 Å². The van der Waals surface area contributed by atoms with Crippen LogP contribution >= 0.6 is 0 Å². The van der Waals surface area contributed by atoms with Crippen LogP contribution in [0.3, 0.4) is 0 Å². The molecule has 3 heteroatoms. The minimum Gasteiger partial charge on any atom is -0.463 e. The lowest BCUT2D eigenvalue weighted by Crippen LogP contribution is -1.74. The predicted octanol–water partition coefficient (Wildman–Crippen LogP) is 3.53. The van der Waals surface area contributed by atoms with E-state index >= 15 is 0 Å². The average molecular weight is 199 g/mol. The minimum atomic E-state index is 0.827. The van der Waals surface area contributed by atoms with Crippen molar-refractivity contribution < 1.29 is 8.83 Å². The molecule has 0 amide bonds. The first-order chi connectivity index (χ1) is 7.43. The third-order valence-electron chi connectivity index (χ3n) is 2.26. The van der Waals surface area contributed by atoms with Crippen LogP contribution in [-0.4, -0.2) is 4.98 Å². The summed E-state index contributed by atoms with van der Waals surface area (Å²) in [6.45, 7) is 0. The van der Waals surface area contributed by atoms with Crippen molar-refractivity contribution in [1.82, 2.24) is 4.98 Å². The molecule has 74 valence electrons. The summed E-state index contributed by atoms with van der Waals surface area (Å²) in [4.78, 5) is 3.23. The fourth-order valence-corrected chi connectivity index (χ4v) is 1.55. The van der Waals surface area contributed by atoms with Gasteiger partial charge in [-0.1, -0.05) is 0 Å². The number of furan rings is 2. The van der Waals surface area contributed by atoms with Crippen molar-refractivity contribution in [2.24, 2.45) is 0 Å². The Kier molecular flexibility index (Phi) is 1.75. The molecule has 3 heterocycles. The second-order valence-electron chi connectivity index (χ2n) is 3.24. The Bertz CT molecular complexity index is 483. The van der Waals surface area contributed by atoms with Crippen LogP contribution in [0.1, 0.15) is 0 Å². The number of nitrogens with one attached hydrogen (secondary N) is 1. The zero-order valence-corrected chi connectivity index (χ0v) is 7.94. The molecule has 0 aliphatic rings. The van der Waals surface area contributed by atoms with Gasteiger partial charge in [0, 0.05) is 0 Å². The fraction of sp³-hybridized carbons (Fsp3) is 0. The molecular formula is C12H9NO2. The summed E-state index contributed by atoms with van der Waals surface area (Å²) in [5.74, 6) is 1.65. The fourth-order valence-electron chi connectivity index (χ4n) is 1.55. The highest BCUT2D eigenvalue weighted by Crippen LogP contribution is 2.24. The second-order valence-corrected chi connectivity index (χ2v) is 3.24. The molecule has 3 aromatic heterocycles. The summed E-state index contributed by atoms with van der Waals surface area (Å²) in [6.07, 6.45) is 3.31. The predicted molar refractivity (Wildman–Crippen MR) is 56.2 cm³/mol. The van der Waals surface area contributed by atoms with Crippen molar-refractivity contribution in [3.63, 3.8) is 0 Å². The third kappa shape index (κ3) is 1.38. The number of rotatable bonds is 2. The van der Waals surface area contributed by atoms with Gasteiger partial charge in [0.05, 0.1) is 23.9 Å². The lowest BCUT2D eigenvalue weighted by Gasteiger charge is -1.92. The molecule has 0 saturated heterocycles. The van der Waals surface area contributed by atoms with E-state index in [1.807, 2.05) is 36.4 Å². The van der Waals surface area contributed by atoms with Crippen LogP contribution in [0.2, 0.25) is 0 Å². The maximum absolute atomic E-state index is 5.29. The van der Waals surface area contributed by atoms with E-state index in [0.29, 0.717) is 0 Å². The second kappa shape index (κ2) is 3.20. The van der Waals surface area contributed by atoms with E-state index in [4.69, 9.17) is 8.83 Å². The highest BCUT2D eigenvalue weighted by atomic mass is 16.3. The Balaban J connectivity index is 2.02. The Morgan fingerprint density at radius 2 is 1.27 bits per heavy atom. The summed E-state index contributed by atoms with van der Waals surface area (Å²) in [6, 6.07) is 11.5. The molecule has 3 rings (SSSR count). The zero-order valence-electron chi connectivity index (χ0n) is 7.94. The zero-order chi connectivity index (χ0) is 10.1. The van der Waals surface area contributed by atoms with Gasteiger partial charge in [0.25, 0.3) is 0 Å². The molecule has 3 nitrogen and oxygen atoms in total. The smallest absolute Gasteiger partial charge is 0.150 e. The number of H-pyrrole nitrogens is 1. The maximum atomic E-state index is 5.29. The molecule has 15 heavy (non-hydrogen) atoms. The van der Waals surface area contributed by atoms with Crippen molar-refractivity contribution in [1.29, 1.82) is 0 Å². The van der Waals surface area contributed by atoms with Crippen molar-refractivity contribution in [2.75, 3.05) is 0 Å². The van der Waals surface area contributed by atoms with Gasteiger partial charge < -0.3 is 13.8 Å². The molecule has 0 fully saturated rings. The van der Waals surface area contributed by atoms with Crippen molar-refractivity contribution >= 4 is 0 Å². The molecule has 0 aromatic carbocycles. The standard InChI is InChI=1S/C12H9NO2/c1-3-11(14-7-1)9-5-6-10(13-9)12-4-2-8-15-12/h1-8,13H. The van der Waals surface area contributed by atoms with Gasteiger partial charge in [-0.3, -0.25) is 0 Å². The lowest BCUT2D eigenvalue weighted by atomic mass is 10.3. The van der Waals surface area contributed by atoms with E-state index in [1.54, 1.807) is 12.5 Å². The summed E-state index contributed by atoms with van der Waals surface area (Å²) in [5, 5.41) is 0. The average Bonchev–Trinajstić information content (AvgIpc) is 3.02. The topological polar surface area (TPSA) is 42.1 Å². The van der Waals surface area contributed by atoms with Gasteiger partial charge >= 0.3 is 0 Å². The first kappa shape index (κ1) is 8.17. The molecule has 0 saturated carbocycles. The van der Waals surface area contributed by atoms with Gasteiger partial charge in [-0.15, -0.1) is 0 Å².